The van der Waals surface area contributed by atoms with E-state index in [0.717, 1.165) is 23.7 Å². The first-order valence-corrected chi connectivity index (χ1v) is 12.4. The molecule has 30 heavy (non-hydrogen) atoms. The third kappa shape index (κ3) is 11.8. The van der Waals surface area contributed by atoms with Gasteiger partial charge in [0.1, 0.15) is 5.75 Å². The van der Waals surface area contributed by atoms with Gasteiger partial charge < -0.3 is 10.2 Å². The van der Waals surface area contributed by atoms with Gasteiger partial charge in [0.05, 0.1) is 27.9 Å². The summed E-state index contributed by atoms with van der Waals surface area (Å²) in [5, 5.41) is 19.3. The summed E-state index contributed by atoms with van der Waals surface area (Å²) in [6, 6.07) is 5.31. The smallest absolute Gasteiger partial charge is 0.303 e. The number of hydrogen-bond acceptors (Lipinski definition) is 2. The molecule has 0 aliphatic rings. The lowest BCUT2D eigenvalue weighted by Gasteiger charge is -2.02. The van der Waals surface area contributed by atoms with Gasteiger partial charge in [-0.2, -0.15) is 0 Å². The van der Waals surface area contributed by atoms with Crippen molar-refractivity contribution in [3.63, 3.8) is 0 Å². The van der Waals surface area contributed by atoms with Crippen LogP contribution in [0, 0.1) is 0 Å². The first-order chi connectivity index (χ1) is 14.5. The predicted octanol–water partition coefficient (Wildman–Crippen LogP) is 8.71. The minimum Gasteiger partial charge on any atom is -0.506 e. The molecule has 0 spiro atoms. The molecule has 0 bridgehead atoms. The summed E-state index contributed by atoms with van der Waals surface area (Å²) >= 11 is 9.03. The van der Waals surface area contributed by atoms with E-state index in [-0.39, 0.29) is 5.75 Å². The Morgan fingerprint density at radius 2 is 1.43 bits per heavy atom. The molecule has 1 aromatic heterocycles. The van der Waals surface area contributed by atoms with Crippen LogP contribution in [0.2, 0.25) is 5.02 Å². The number of carboxylic acid groups (broad SMARTS) is 1. The van der Waals surface area contributed by atoms with Gasteiger partial charge in [0.2, 0.25) is 0 Å². The fourth-order valence-corrected chi connectivity index (χ4v) is 4.09. The third-order valence-corrected chi connectivity index (χ3v) is 6.02. The second kappa shape index (κ2) is 16.5. The van der Waals surface area contributed by atoms with Gasteiger partial charge in [-0.3, -0.25) is 8.39 Å². The Balaban J connectivity index is 0.000000321. The second-order valence-electron chi connectivity index (χ2n) is 7.87. The number of rotatable bonds is 14. The van der Waals surface area contributed by atoms with E-state index in [9.17, 15) is 9.90 Å². The van der Waals surface area contributed by atoms with Crippen molar-refractivity contribution < 1.29 is 15.0 Å². The Kier molecular flexibility index (Phi) is 14.7. The number of benzene rings is 1. The number of carbonyl (C=O) groups is 1. The summed E-state index contributed by atoms with van der Waals surface area (Å²) in [6.45, 7) is 2.26. The molecule has 0 atom stereocenters. The SMILES string of the molecule is CCCCCCCCCCCCCCCC(=O)O.Oc1cn(Br)c2cc(Cl)ccc12. The van der Waals surface area contributed by atoms with Crippen molar-refractivity contribution in [3.8, 4) is 5.75 Å². The largest absolute Gasteiger partial charge is 0.506 e. The van der Waals surface area contributed by atoms with E-state index in [0.29, 0.717) is 11.4 Å². The summed E-state index contributed by atoms with van der Waals surface area (Å²) < 4.78 is 1.66. The minimum atomic E-state index is -0.655. The lowest BCUT2D eigenvalue weighted by Crippen LogP contribution is -1.93. The fraction of sp³-hybridized carbons (Fsp3) is 0.625. The van der Waals surface area contributed by atoms with Crippen LogP contribution in [0.4, 0.5) is 0 Å². The van der Waals surface area contributed by atoms with Crippen molar-refractivity contribution >= 4 is 44.6 Å². The van der Waals surface area contributed by atoms with Crippen molar-refractivity contribution in [2.75, 3.05) is 0 Å². The van der Waals surface area contributed by atoms with Crippen LogP contribution >= 0.6 is 27.7 Å². The average Bonchev–Trinajstić information content (AvgIpc) is 2.99. The molecule has 0 amide bonds. The summed E-state index contributed by atoms with van der Waals surface area (Å²) in [4.78, 5) is 10.3. The first-order valence-electron chi connectivity index (χ1n) is 11.3. The monoisotopic (exact) mass is 501 g/mol. The molecule has 2 aromatic rings. The number of hydrogen-bond donors (Lipinski definition) is 2. The van der Waals surface area contributed by atoms with Crippen molar-refractivity contribution in [3.05, 3.63) is 29.4 Å². The molecule has 170 valence electrons. The molecule has 0 unspecified atom stereocenters. The number of carboxylic acids is 1. The predicted molar refractivity (Wildman–Crippen MR) is 131 cm³/mol. The molecule has 0 radical (unpaired) electrons. The average molecular weight is 503 g/mol. The highest BCUT2D eigenvalue weighted by molar-refractivity contribution is 9.08. The van der Waals surface area contributed by atoms with Gasteiger partial charge in [0.15, 0.2) is 0 Å². The van der Waals surface area contributed by atoms with Crippen molar-refractivity contribution in [1.29, 1.82) is 0 Å². The van der Waals surface area contributed by atoms with Crippen molar-refractivity contribution in [2.45, 2.75) is 96.8 Å². The number of nitrogens with zero attached hydrogens (tertiary/aromatic N) is 1. The van der Waals surface area contributed by atoms with Gasteiger partial charge in [0.25, 0.3) is 0 Å². The van der Waals surface area contributed by atoms with E-state index in [1.165, 1.54) is 70.6 Å². The maximum Gasteiger partial charge on any atom is 0.303 e. The van der Waals surface area contributed by atoms with Gasteiger partial charge in [-0.1, -0.05) is 95.6 Å². The zero-order valence-electron chi connectivity index (χ0n) is 18.2. The van der Waals surface area contributed by atoms with E-state index in [2.05, 4.69) is 23.1 Å². The normalized spacial score (nSPS) is 10.8. The van der Waals surface area contributed by atoms with E-state index in [4.69, 9.17) is 16.7 Å². The van der Waals surface area contributed by atoms with Gasteiger partial charge in [-0.05, 0) is 24.6 Å². The highest BCUT2D eigenvalue weighted by atomic mass is 79.9. The molecule has 2 N–H and O–H groups in total. The molecule has 1 heterocycles. The van der Waals surface area contributed by atoms with Gasteiger partial charge in [-0.25, -0.2) is 0 Å². The van der Waals surface area contributed by atoms with E-state index < -0.39 is 5.97 Å². The molecule has 6 heteroatoms. The Morgan fingerprint density at radius 3 is 1.93 bits per heavy atom. The third-order valence-electron chi connectivity index (χ3n) is 5.20. The lowest BCUT2D eigenvalue weighted by atomic mass is 10.0. The Hall–Kier alpha value is -1.20. The maximum absolute atomic E-state index is 10.3. The van der Waals surface area contributed by atoms with Crippen LogP contribution in [0.3, 0.4) is 0 Å². The Morgan fingerprint density at radius 1 is 0.933 bits per heavy atom. The molecular weight excluding hydrogens is 466 g/mol. The number of aromatic nitrogens is 1. The van der Waals surface area contributed by atoms with Crippen LogP contribution < -0.4 is 0 Å². The Labute approximate surface area is 195 Å². The fourth-order valence-electron chi connectivity index (χ4n) is 3.44. The van der Waals surface area contributed by atoms with Crippen LogP contribution in [0.5, 0.6) is 5.75 Å². The lowest BCUT2D eigenvalue weighted by molar-refractivity contribution is -0.137. The molecule has 4 nitrogen and oxygen atoms in total. The number of fused-ring (bicyclic) bond motifs is 1. The molecular formula is C24H37BrClNO3. The molecule has 0 saturated heterocycles. The molecule has 0 saturated carbocycles. The van der Waals surface area contributed by atoms with Crippen LogP contribution in [-0.4, -0.2) is 19.8 Å². The van der Waals surface area contributed by atoms with E-state index >= 15 is 0 Å². The minimum absolute atomic E-state index is 0.249. The zero-order valence-corrected chi connectivity index (χ0v) is 20.6. The topological polar surface area (TPSA) is 62.5 Å². The quantitative estimate of drug-likeness (QED) is 0.254. The van der Waals surface area contributed by atoms with Crippen LogP contribution in [0.15, 0.2) is 24.4 Å². The maximum atomic E-state index is 10.3. The van der Waals surface area contributed by atoms with Gasteiger partial charge in [0, 0.05) is 16.8 Å². The summed E-state index contributed by atoms with van der Waals surface area (Å²) in [6.07, 6.45) is 18.9. The molecule has 1 aromatic carbocycles. The van der Waals surface area contributed by atoms with Crippen molar-refractivity contribution in [1.82, 2.24) is 3.59 Å². The summed E-state index contributed by atoms with van der Waals surface area (Å²) in [5.74, 6) is -0.406. The van der Waals surface area contributed by atoms with Crippen LogP contribution in [0.1, 0.15) is 96.8 Å². The van der Waals surface area contributed by atoms with Gasteiger partial charge in [-0.15, -0.1) is 0 Å². The number of aromatic hydroxyl groups is 1. The zero-order chi connectivity index (χ0) is 22.2. The molecule has 0 aliphatic heterocycles. The summed E-state index contributed by atoms with van der Waals surface area (Å²) in [7, 11) is 0. The van der Waals surface area contributed by atoms with E-state index in [1.807, 2.05) is 0 Å². The van der Waals surface area contributed by atoms with Gasteiger partial charge >= 0.3 is 5.97 Å². The molecule has 0 fully saturated rings. The second-order valence-corrected chi connectivity index (χ2v) is 9.07. The highest BCUT2D eigenvalue weighted by Gasteiger charge is 2.05. The number of aliphatic carboxylic acids is 1. The molecule has 2 rings (SSSR count). The number of halogens is 2. The van der Waals surface area contributed by atoms with Crippen LogP contribution in [0.25, 0.3) is 10.9 Å². The van der Waals surface area contributed by atoms with E-state index in [1.54, 1.807) is 28.0 Å². The molecule has 0 aliphatic carbocycles. The standard InChI is InChI=1S/C16H32O2.C8H5BrClNO/c1-2-3-4-5-6-7-8-9-10-11-12-13-14-15-16(17)18;9-11-4-8(12)6-2-1-5(10)3-7(6)11/h2-15H2,1H3,(H,17,18);1-4,12H. The highest BCUT2D eigenvalue weighted by Crippen LogP contribution is 2.30. The number of unbranched alkanes of at least 4 members (excludes halogenated alkanes) is 12. The summed E-state index contributed by atoms with van der Waals surface area (Å²) in [5.41, 5.74) is 0.861. The first kappa shape index (κ1) is 26.8. The van der Waals surface area contributed by atoms with Crippen molar-refractivity contribution in [2.24, 2.45) is 0 Å². The Bertz CT molecular complexity index is 733. The van der Waals surface area contributed by atoms with Crippen LogP contribution in [-0.2, 0) is 4.79 Å².